The molecule has 0 atom stereocenters. The third-order valence-electron chi connectivity index (χ3n) is 6.67. The molecule has 0 saturated heterocycles. The van der Waals surface area contributed by atoms with Crippen LogP contribution in [0.2, 0.25) is 0 Å². The van der Waals surface area contributed by atoms with Gasteiger partial charge in [-0.3, -0.25) is 9.89 Å². The molecule has 1 aromatic heterocycles. The van der Waals surface area contributed by atoms with Crippen LogP contribution in [-0.2, 0) is 12.8 Å². The molecule has 178 valence electrons. The van der Waals surface area contributed by atoms with E-state index in [0.717, 1.165) is 48.5 Å². The van der Waals surface area contributed by atoms with Gasteiger partial charge in [-0.05, 0) is 67.3 Å². The number of benzene rings is 3. The summed E-state index contributed by atoms with van der Waals surface area (Å²) >= 11 is 0. The third kappa shape index (κ3) is 4.78. The van der Waals surface area contributed by atoms with Gasteiger partial charge in [0, 0.05) is 48.1 Å². The van der Waals surface area contributed by atoms with E-state index in [1.165, 1.54) is 22.4 Å². The van der Waals surface area contributed by atoms with Crippen molar-refractivity contribution in [2.75, 3.05) is 32.1 Å². The van der Waals surface area contributed by atoms with E-state index in [9.17, 15) is 4.79 Å². The molecule has 0 aliphatic heterocycles. The summed E-state index contributed by atoms with van der Waals surface area (Å²) in [5.41, 5.74) is 8.56. The van der Waals surface area contributed by atoms with Crippen molar-refractivity contribution in [1.29, 1.82) is 0 Å². The van der Waals surface area contributed by atoms with Crippen LogP contribution in [0.5, 0.6) is 5.75 Å². The minimum Gasteiger partial charge on any atom is -0.497 e. The number of aryl methyl sites for hydroxylation is 1. The van der Waals surface area contributed by atoms with Crippen molar-refractivity contribution in [2.24, 2.45) is 0 Å². The van der Waals surface area contributed by atoms with Gasteiger partial charge >= 0.3 is 0 Å². The lowest BCUT2D eigenvalue weighted by Crippen LogP contribution is -2.28. The molecule has 1 aliphatic rings. The Kier molecular flexibility index (Phi) is 6.53. The number of amides is 1. The molecule has 3 aromatic carbocycles. The van der Waals surface area contributed by atoms with E-state index < -0.39 is 0 Å². The Morgan fingerprint density at radius 3 is 2.63 bits per heavy atom. The van der Waals surface area contributed by atoms with Crippen LogP contribution in [0.25, 0.3) is 22.5 Å². The molecule has 6 heteroatoms. The van der Waals surface area contributed by atoms with Crippen LogP contribution in [0, 0.1) is 0 Å². The highest BCUT2D eigenvalue weighted by molar-refractivity contribution is 5.94. The average Bonchev–Trinajstić information content (AvgIpc) is 3.35. The van der Waals surface area contributed by atoms with E-state index in [4.69, 9.17) is 4.74 Å². The Hall–Kier alpha value is -4.06. The molecular formula is C29H30N4O2. The van der Waals surface area contributed by atoms with E-state index in [2.05, 4.69) is 51.7 Å². The van der Waals surface area contributed by atoms with Crippen LogP contribution in [0.3, 0.4) is 0 Å². The van der Waals surface area contributed by atoms with Gasteiger partial charge in [-0.1, -0.05) is 30.3 Å². The smallest absolute Gasteiger partial charge is 0.251 e. The molecule has 6 nitrogen and oxygen atoms in total. The van der Waals surface area contributed by atoms with Crippen molar-refractivity contribution in [3.63, 3.8) is 0 Å². The molecule has 0 saturated carbocycles. The van der Waals surface area contributed by atoms with Crippen molar-refractivity contribution in [3.05, 3.63) is 89.5 Å². The van der Waals surface area contributed by atoms with Gasteiger partial charge in [-0.15, -0.1) is 0 Å². The van der Waals surface area contributed by atoms with Crippen LogP contribution < -0.4 is 15.0 Å². The van der Waals surface area contributed by atoms with E-state index in [-0.39, 0.29) is 5.91 Å². The number of ether oxygens (including phenoxy) is 1. The summed E-state index contributed by atoms with van der Waals surface area (Å²) in [6.45, 7) is 1.51. The second-order valence-corrected chi connectivity index (χ2v) is 8.89. The van der Waals surface area contributed by atoms with Crippen molar-refractivity contribution < 1.29 is 9.53 Å². The number of anilines is 1. The summed E-state index contributed by atoms with van der Waals surface area (Å²) in [5.74, 6) is 0.829. The lowest BCUT2D eigenvalue weighted by Gasteiger charge is -2.19. The summed E-state index contributed by atoms with van der Waals surface area (Å²) in [6.07, 6.45) is 2.75. The number of fused-ring (bicyclic) bond motifs is 3. The minimum atomic E-state index is -0.0501. The number of aromatic amines is 1. The number of hydrogen-bond acceptors (Lipinski definition) is 4. The predicted octanol–water partition coefficient (Wildman–Crippen LogP) is 5.11. The molecule has 5 rings (SSSR count). The number of nitrogens with one attached hydrogen (secondary N) is 2. The summed E-state index contributed by atoms with van der Waals surface area (Å²) in [7, 11) is 3.76. The number of para-hydroxylation sites is 1. The Balaban J connectivity index is 1.20. The standard InChI is InChI=1S/C29H30N4O2/c1-33(23-7-4-3-5-8-23)18-6-17-30-29(34)21-11-9-20(10-12-21)27-26-15-13-22-19-24(35-2)14-16-25(22)28(26)32-31-27/h3-5,7-12,14,16,19H,6,13,15,17-18H2,1-2H3,(H,30,34)(H,31,32). The van der Waals surface area contributed by atoms with Gasteiger partial charge in [0.25, 0.3) is 5.91 Å². The normalized spacial score (nSPS) is 11.9. The highest BCUT2D eigenvalue weighted by Crippen LogP contribution is 2.38. The summed E-state index contributed by atoms with van der Waals surface area (Å²) in [4.78, 5) is 14.8. The number of aromatic nitrogens is 2. The maximum absolute atomic E-state index is 12.6. The lowest BCUT2D eigenvalue weighted by atomic mass is 9.87. The van der Waals surface area contributed by atoms with Crippen molar-refractivity contribution >= 4 is 11.6 Å². The molecule has 0 radical (unpaired) electrons. The van der Waals surface area contributed by atoms with Crippen LogP contribution in [0.15, 0.2) is 72.8 Å². The van der Waals surface area contributed by atoms with Crippen LogP contribution in [0.1, 0.15) is 27.9 Å². The van der Waals surface area contributed by atoms with Crippen molar-refractivity contribution in [3.8, 4) is 28.3 Å². The average molecular weight is 467 g/mol. The Morgan fingerprint density at radius 2 is 1.86 bits per heavy atom. The minimum absolute atomic E-state index is 0.0501. The molecule has 35 heavy (non-hydrogen) atoms. The number of H-pyrrole nitrogens is 1. The maximum atomic E-state index is 12.6. The first-order valence-corrected chi connectivity index (χ1v) is 12.0. The van der Waals surface area contributed by atoms with E-state index in [0.29, 0.717) is 12.1 Å². The number of hydrogen-bond donors (Lipinski definition) is 2. The van der Waals surface area contributed by atoms with Crippen molar-refractivity contribution in [2.45, 2.75) is 19.3 Å². The molecule has 0 unspecified atom stereocenters. The highest BCUT2D eigenvalue weighted by atomic mass is 16.5. The van der Waals surface area contributed by atoms with Gasteiger partial charge in [-0.25, -0.2) is 0 Å². The van der Waals surface area contributed by atoms with Gasteiger partial charge in [0.1, 0.15) is 5.75 Å². The molecule has 2 N–H and O–H groups in total. The summed E-state index contributed by atoms with van der Waals surface area (Å²) in [5, 5.41) is 10.9. The molecule has 1 heterocycles. The summed E-state index contributed by atoms with van der Waals surface area (Å²) < 4.78 is 5.37. The first kappa shape index (κ1) is 22.7. The fourth-order valence-electron chi connectivity index (χ4n) is 4.69. The Labute approximate surface area is 205 Å². The zero-order valence-electron chi connectivity index (χ0n) is 20.2. The van der Waals surface area contributed by atoms with Gasteiger partial charge in [0.05, 0.1) is 18.5 Å². The lowest BCUT2D eigenvalue weighted by molar-refractivity contribution is 0.0953. The number of carbonyl (C=O) groups is 1. The monoisotopic (exact) mass is 466 g/mol. The van der Waals surface area contributed by atoms with Gasteiger partial charge < -0.3 is 15.0 Å². The highest BCUT2D eigenvalue weighted by Gasteiger charge is 2.23. The third-order valence-corrected chi connectivity index (χ3v) is 6.67. The molecule has 0 fully saturated rings. The first-order chi connectivity index (χ1) is 17.1. The van der Waals surface area contributed by atoms with E-state index >= 15 is 0 Å². The zero-order valence-corrected chi connectivity index (χ0v) is 20.2. The van der Waals surface area contributed by atoms with E-state index in [1.54, 1.807) is 7.11 Å². The fourth-order valence-corrected chi connectivity index (χ4v) is 4.69. The molecule has 1 amide bonds. The second-order valence-electron chi connectivity index (χ2n) is 8.89. The second kappa shape index (κ2) is 10.1. The maximum Gasteiger partial charge on any atom is 0.251 e. The zero-order chi connectivity index (χ0) is 24.2. The van der Waals surface area contributed by atoms with Crippen LogP contribution in [0.4, 0.5) is 5.69 Å². The first-order valence-electron chi connectivity index (χ1n) is 12.0. The van der Waals surface area contributed by atoms with Crippen LogP contribution in [-0.4, -0.2) is 43.4 Å². The molecule has 1 aliphatic carbocycles. The molecular weight excluding hydrogens is 436 g/mol. The van der Waals surface area contributed by atoms with Gasteiger partial charge in [0.15, 0.2) is 0 Å². The predicted molar refractivity (Wildman–Crippen MR) is 140 cm³/mol. The Morgan fingerprint density at radius 1 is 1.06 bits per heavy atom. The number of methoxy groups -OCH3 is 1. The molecule has 0 spiro atoms. The number of nitrogens with zero attached hydrogens (tertiary/aromatic N) is 2. The molecule has 4 aromatic rings. The van der Waals surface area contributed by atoms with E-state index in [1.807, 2.05) is 48.5 Å². The van der Waals surface area contributed by atoms with Crippen LogP contribution >= 0.6 is 0 Å². The molecule has 0 bridgehead atoms. The largest absolute Gasteiger partial charge is 0.497 e. The van der Waals surface area contributed by atoms with Crippen molar-refractivity contribution in [1.82, 2.24) is 15.5 Å². The van der Waals surface area contributed by atoms with Gasteiger partial charge in [-0.2, -0.15) is 5.10 Å². The number of rotatable bonds is 8. The quantitative estimate of drug-likeness (QED) is 0.354. The summed E-state index contributed by atoms with van der Waals surface area (Å²) in [6, 6.07) is 24.2. The van der Waals surface area contributed by atoms with Gasteiger partial charge in [0.2, 0.25) is 0 Å². The topological polar surface area (TPSA) is 70.2 Å². The number of carbonyl (C=O) groups excluding carboxylic acids is 1. The SMILES string of the molecule is COc1ccc2c(c1)CCc1c(-c3ccc(C(=O)NCCCN(C)c4ccccc4)cc3)n[nH]c1-2. The Bertz CT molecular complexity index is 1310. The fraction of sp³-hybridized carbons (Fsp3) is 0.241.